The lowest BCUT2D eigenvalue weighted by Gasteiger charge is -2.24. The van der Waals surface area contributed by atoms with Gasteiger partial charge in [-0.3, -0.25) is 4.79 Å². The fourth-order valence-electron chi connectivity index (χ4n) is 2.70. The number of aliphatic hydroxyl groups is 1. The maximum atomic E-state index is 13.7. The van der Waals surface area contributed by atoms with E-state index in [1.54, 1.807) is 11.0 Å². The molecule has 0 aliphatic carbocycles. The van der Waals surface area contributed by atoms with E-state index in [0.29, 0.717) is 18.5 Å². The Kier molecular flexibility index (Phi) is 4.95. The minimum Gasteiger partial charge on any atom is -0.494 e. The number of benzene rings is 1. The fourth-order valence-corrected chi connectivity index (χ4v) is 2.70. The van der Waals surface area contributed by atoms with E-state index in [1.807, 2.05) is 0 Å². The number of halogens is 1. The van der Waals surface area contributed by atoms with E-state index in [0.717, 1.165) is 19.3 Å². The maximum Gasteiger partial charge on any atom is 0.254 e. The summed E-state index contributed by atoms with van der Waals surface area (Å²) in [5.41, 5.74) is 0.346. The van der Waals surface area contributed by atoms with Crippen molar-refractivity contribution in [2.45, 2.75) is 31.7 Å². The largest absolute Gasteiger partial charge is 0.494 e. The zero-order chi connectivity index (χ0) is 14.5. The standard InChI is InChI=1S/C15H20FNO3/c1-20-14-7-6-11(10-13(14)16)15(19)17-8-2-4-12(17)5-3-9-18/h6-7,10,12,18H,2-5,8-9H2,1H3. The first-order chi connectivity index (χ1) is 9.67. The topological polar surface area (TPSA) is 49.8 Å². The van der Waals surface area contributed by atoms with Crippen LogP contribution in [-0.4, -0.2) is 42.2 Å². The molecule has 1 aromatic carbocycles. The third-order valence-electron chi connectivity index (χ3n) is 3.73. The number of carbonyl (C=O) groups is 1. The molecule has 1 saturated heterocycles. The Morgan fingerprint density at radius 2 is 2.35 bits per heavy atom. The van der Waals surface area contributed by atoms with Crippen LogP contribution < -0.4 is 4.74 Å². The lowest BCUT2D eigenvalue weighted by molar-refractivity contribution is 0.0724. The van der Waals surface area contributed by atoms with Crippen LogP contribution >= 0.6 is 0 Å². The summed E-state index contributed by atoms with van der Waals surface area (Å²) in [6.45, 7) is 0.832. The lowest BCUT2D eigenvalue weighted by Crippen LogP contribution is -2.35. The normalized spacial score (nSPS) is 18.4. The van der Waals surface area contributed by atoms with Gasteiger partial charge in [0.25, 0.3) is 5.91 Å². The van der Waals surface area contributed by atoms with Crippen LogP contribution in [0.1, 0.15) is 36.0 Å². The number of likely N-dealkylation sites (tertiary alicyclic amines) is 1. The first-order valence-corrected chi connectivity index (χ1v) is 6.92. The highest BCUT2D eigenvalue weighted by Crippen LogP contribution is 2.25. The number of carbonyl (C=O) groups excluding carboxylic acids is 1. The molecule has 1 atom stereocenters. The number of amides is 1. The first-order valence-electron chi connectivity index (χ1n) is 6.92. The van der Waals surface area contributed by atoms with E-state index in [9.17, 15) is 9.18 Å². The summed E-state index contributed by atoms with van der Waals surface area (Å²) in [6, 6.07) is 4.44. The molecule has 0 saturated carbocycles. The van der Waals surface area contributed by atoms with Crippen LogP contribution in [0.15, 0.2) is 18.2 Å². The predicted molar refractivity (Wildman–Crippen MR) is 73.3 cm³/mol. The highest BCUT2D eigenvalue weighted by molar-refractivity contribution is 5.94. The van der Waals surface area contributed by atoms with Gasteiger partial charge in [-0.05, 0) is 43.9 Å². The van der Waals surface area contributed by atoms with Gasteiger partial charge in [-0.15, -0.1) is 0 Å². The number of hydrogen-bond acceptors (Lipinski definition) is 3. The molecule has 5 heteroatoms. The second-order valence-electron chi connectivity index (χ2n) is 5.01. The summed E-state index contributed by atoms with van der Waals surface area (Å²) in [7, 11) is 1.39. The summed E-state index contributed by atoms with van der Waals surface area (Å²) in [6.07, 6.45) is 3.39. The maximum absolute atomic E-state index is 13.7. The molecule has 1 aromatic rings. The van der Waals surface area contributed by atoms with Crippen LogP contribution in [0.3, 0.4) is 0 Å². The van der Waals surface area contributed by atoms with E-state index in [-0.39, 0.29) is 24.3 Å². The molecular formula is C15H20FNO3. The molecule has 1 fully saturated rings. The van der Waals surface area contributed by atoms with Crippen molar-refractivity contribution in [2.75, 3.05) is 20.3 Å². The minimum absolute atomic E-state index is 0.135. The summed E-state index contributed by atoms with van der Waals surface area (Å²) >= 11 is 0. The number of nitrogens with zero attached hydrogens (tertiary/aromatic N) is 1. The monoisotopic (exact) mass is 281 g/mol. The number of ether oxygens (including phenoxy) is 1. The molecule has 1 unspecified atom stereocenters. The van der Waals surface area contributed by atoms with Gasteiger partial charge in [0, 0.05) is 24.8 Å². The smallest absolute Gasteiger partial charge is 0.254 e. The van der Waals surface area contributed by atoms with Gasteiger partial charge in [0.2, 0.25) is 0 Å². The molecule has 0 aromatic heterocycles. The Balaban J connectivity index is 2.11. The molecule has 1 aliphatic heterocycles. The molecule has 1 N–H and O–H groups in total. The molecule has 110 valence electrons. The van der Waals surface area contributed by atoms with Gasteiger partial charge in [0.1, 0.15) is 0 Å². The van der Waals surface area contributed by atoms with Crippen LogP contribution in [0.4, 0.5) is 4.39 Å². The number of methoxy groups -OCH3 is 1. The van der Waals surface area contributed by atoms with Crippen LogP contribution in [-0.2, 0) is 0 Å². The zero-order valence-electron chi connectivity index (χ0n) is 11.6. The average Bonchev–Trinajstić information content (AvgIpc) is 2.92. The average molecular weight is 281 g/mol. The quantitative estimate of drug-likeness (QED) is 0.900. The Morgan fingerprint density at radius 3 is 3.00 bits per heavy atom. The molecule has 1 amide bonds. The Morgan fingerprint density at radius 1 is 1.55 bits per heavy atom. The molecule has 0 spiro atoms. The van der Waals surface area contributed by atoms with Gasteiger partial charge < -0.3 is 14.7 Å². The number of rotatable bonds is 5. The van der Waals surface area contributed by atoms with Crippen molar-refractivity contribution in [1.29, 1.82) is 0 Å². The Hall–Kier alpha value is -1.62. The Bertz CT molecular complexity index is 478. The molecule has 20 heavy (non-hydrogen) atoms. The molecule has 0 radical (unpaired) electrons. The van der Waals surface area contributed by atoms with Gasteiger partial charge in [0.05, 0.1) is 7.11 Å². The van der Waals surface area contributed by atoms with Crippen molar-refractivity contribution in [1.82, 2.24) is 4.90 Å². The summed E-state index contributed by atoms with van der Waals surface area (Å²) < 4.78 is 18.5. The van der Waals surface area contributed by atoms with Crippen LogP contribution in [0.2, 0.25) is 0 Å². The molecule has 4 nitrogen and oxygen atoms in total. The van der Waals surface area contributed by atoms with Crippen LogP contribution in [0, 0.1) is 5.82 Å². The van der Waals surface area contributed by atoms with Crippen molar-refractivity contribution in [3.63, 3.8) is 0 Å². The van der Waals surface area contributed by atoms with Crippen molar-refractivity contribution < 1.29 is 19.0 Å². The van der Waals surface area contributed by atoms with Crippen molar-refractivity contribution in [2.24, 2.45) is 0 Å². The van der Waals surface area contributed by atoms with Crippen LogP contribution in [0.5, 0.6) is 5.75 Å². The minimum atomic E-state index is -0.524. The highest BCUT2D eigenvalue weighted by Gasteiger charge is 2.29. The fraction of sp³-hybridized carbons (Fsp3) is 0.533. The van der Waals surface area contributed by atoms with E-state index in [1.165, 1.54) is 19.2 Å². The predicted octanol–water partition coefficient (Wildman–Crippen LogP) is 2.21. The molecule has 1 aliphatic rings. The summed E-state index contributed by atoms with van der Waals surface area (Å²) in [5.74, 6) is -0.531. The van der Waals surface area contributed by atoms with Crippen molar-refractivity contribution >= 4 is 5.91 Å². The van der Waals surface area contributed by atoms with E-state index in [2.05, 4.69) is 0 Å². The molecule has 2 rings (SSSR count). The second kappa shape index (κ2) is 6.70. The van der Waals surface area contributed by atoms with Gasteiger partial charge >= 0.3 is 0 Å². The van der Waals surface area contributed by atoms with E-state index in [4.69, 9.17) is 9.84 Å². The third kappa shape index (κ3) is 3.10. The van der Waals surface area contributed by atoms with Gasteiger partial charge in [-0.25, -0.2) is 4.39 Å². The van der Waals surface area contributed by atoms with Crippen molar-refractivity contribution in [3.8, 4) is 5.75 Å². The lowest BCUT2D eigenvalue weighted by atomic mass is 10.1. The van der Waals surface area contributed by atoms with Crippen LogP contribution in [0.25, 0.3) is 0 Å². The molecular weight excluding hydrogens is 261 g/mol. The Labute approximate surface area is 118 Å². The second-order valence-corrected chi connectivity index (χ2v) is 5.01. The number of aliphatic hydroxyl groups excluding tert-OH is 1. The highest BCUT2D eigenvalue weighted by atomic mass is 19.1. The van der Waals surface area contributed by atoms with Crippen molar-refractivity contribution in [3.05, 3.63) is 29.6 Å². The number of hydrogen-bond donors (Lipinski definition) is 1. The summed E-state index contributed by atoms with van der Waals surface area (Å²) in [5, 5.41) is 8.90. The van der Waals surface area contributed by atoms with E-state index < -0.39 is 5.82 Å². The van der Waals surface area contributed by atoms with Gasteiger partial charge in [-0.1, -0.05) is 0 Å². The SMILES string of the molecule is COc1ccc(C(=O)N2CCCC2CCCO)cc1F. The molecule has 0 bridgehead atoms. The summed E-state index contributed by atoms with van der Waals surface area (Å²) in [4.78, 5) is 14.2. The third-order valence-corrected chi connectivity index (χ3v) is 3.73. The molecule has 1 heterocycles. The van der Waals surface area contributed by atoms with Gasteiger partial charge in [-0.2, -0.15) is 0 Å². The zero-order valence-corrected chi connectivity index (χ0v) is 11.6. The first kappa shape index (κ1) is 14.8. The van der Waals surface area contributed by atoms with Gasteiger partial charge in [0.15, 0.2) is 11.6 Å². The van der Waals surface area contributed by atoms with E-state index >= 15 is 0 Å².